The minimum atomic E-state index is -3.63. The molecule has 3 N–H and O–H groups in total. The van der Waals surface area contributed by atoms with E-state index in [1.165, 1.54) is 4.31 Å². The van der Waals surface area contributed by atoms with Gasteiger partial charge in [-0.2, -0.15) is 4.31 Å². The van der Waals surface area contributed by atoms with Crippen molar-refractivity contribution in [2.75, 3.05) is 12.3 Å². The maximum atomic E-state index is 13.1. The average Bonchev–Trinajstić information content (AvgIpc) is 3.24. The van der Waals surface area contributed by atoms with Crippen LogP contribution >= 0.6 is 0 Å². The highest BCUT2D eigenvalue weighted by Crippen LogP contribution is 2.44. The minimum Gasteiger partial charge on any atom is -0.481 e. The predicted molar refractivity (Wildman–Crippen MR) is 102 cm³/mol. The number of aliphatic carboxylic acids is 1. The van der Waals surface area contributed by atoms with Crippen LogP contribution in [-0.4, -0.2) is 36.4 Å². The number of carboxylic acid groups (broad SMARTS) is 1. The van der Waals surface area contributed by atoms with Crippen molar-refractivity contribution in [1.82, 2.24) is 4.31 Å². The quantitative estimate of drug-likeness (QED) is 0.787. The van der Waals surface area contributed by atoms with Gasteiger partial charge in [0.2, 0.25) is 10.0 Å². The smallest absolute Gasteiger partial charge is 0.306 e. The molecule has 2 aliphatic rings. The molecule has 1 saturated heterocycles. The van der Waals surface area contributed by atoms with Gasteiger partial charge in [-0.3, -0.25) is 4.79 Å². The fraction of sp³-hybridized carbons (Fsp3) is 0.350. The summed E-state index contributed by atoms with van der Waals surface area (Å²) in [7, 11) is -3.63. The molecular weight excluding hydrogens is 364 g/mol. The first-order valence-electron chi connectivity index (χ1n) is 9.08. The zero-order valence-corrected chi connectivity index (χ0v) is 15.6. The number of carbonyl (C=O) groups is 1. The van der Waals surface area contributed by atoms with Crippen molar-refractivity contribution in [3.05, 3.63) is 48.5 Å². The van der Waals surface area contributed by atoms with E-state index in [1.807, 2.05) is 24.3 Å². The summed E-state index contributed by atoms with van der Waals surface area (Å²) in [6.07, 6.45) is 1.78. The molecular formula is C20H22N2O4S. The highest BCUT2D eigenvalue weighted by molar-refractivity contribution is 7.89. The van der Waals surface area contributed by atoms with Crippen LogP contribution in [0.2, 0.25) is 0 Å². The standard InChI is InChI=1S/C20H22N2O4S/c21-15-5-1-13(2-6-15)14-3-7-16(8-4-14)27(25,26)22-12-11-17-18(20(23)24)9-10-19(17)22/h1-8,17-19H,9-12,21H2,(H,23,24). The molecule has 1 aliphatic carbocycles. The molecule has 0 amide bonds. The molecule has 2 aromatic rings. The molecule has 6 nitrogen and oxygen atoms in total. The number of rotatable bonds is 4. The lowest BCUT2D eigenvalue weighted by molar-refractivity contribution is -0.142. The van der Waals surface area contributed by atoms with Crippen LogP contribution in [0.3, 0.4) is 0 Å². The second-order valence-electron chi connectivity index (χ2n) is 7.30. The van der Waals surface area contributed by atoms with E-state index in [-0.39, 0.29) is 16.9 Å². The summed E-state index contributed by atoms with van der Waals surface area (Å²) in [6.45, 7) is 0.390. The molecule has 4 rings (SSSR count). The Bertz CT molecular complexity index is 954. The van der Waals surface area contributed by atoms with E-state index in [9.17, 15) is 18.3 Å². The Balaban J connectivity index is 1.58. The lowest BCUT2D eigenvalue weighted by atomic mass is 9.94. The number of benzene rings is 2. The van der Waals surface area contributed by atoms with Gasteiger partial charge in [0.05, 0.1) is 10.8 Å². The van der Waals surface area contributed by atoms with E-state index >= 15 is 0 Å². The highest BCUT2D eigenvalue weighted by atomic mass is 32.2. The molecule has 0 spiro atoms. The van der Waals surface area contributed by atoms with Crippen molar-refractivity contribution in [3.63, 3.8) is 0 Å². The molecule has 2 fully saturated rings. The second-order valence-corrected chi connectivity index (χ2v) is 9.19. The van der Waals surface area contributed by atoms with Gasteiger partial charge in [0.1, 0.15) is 0 Å². The number of anilines is 1. The van der Waals surface area contributed by atoms with Gasteiger partial charge < -0.3 is 10.8 Å². The Morgan fingerprint density at radius 1 is 0.963 bits per heavy atom. The summed E-state index contributed by atoms with van der Waals surface area (Å²) >= 11 is 0. The molecule has 1 heterocycles. The van der Waals surface area contributed by atoms with Gasteiger partial charge in [-0.05, 0) is 60.6 Å². The molecule has 27 heavy (non-hydrogen) atoms. The predicted octanol–water partition coefficient (Wildman–Crippen LogP) is 2.81. The Hall–Kier alpha value is -2.38. The maximum Gasteiger partial charge on any atom is 0.306 e. The number of fused-ring (bicyclic) bond motifs is 1. The molecule has 1 saturated carbocycles. The number of carboxylic acids is 1. The van der Waals surface area contributed by atoms with Crippen molar-refractivity contribution in [1.29, 1.82) is 0 Å². The topological polar surface area (TPSA) is 101 Å². The third kappa shape index (κ3) is 3.11. The van der Waals surface area contributed by atoms with Gasteiger partial charge in [0, 0.05) is 18.3 Å². The SMILES string of the molecule is Nc1ccc(-c2ccc(S(=O)(=O)N3CCC4C(C(=O)O)CCC43)cc2)cc1. The summed E-state index contributed by atoms with van der Waals surface area (Å²) in [4.78, 5) is 11.6. The molecule has 7 heteroatoms. The molecule has 0 radical (unpaired) electrons. The van der Waals surface area contributed by atoms with Crippen LogP contribution in [-0.2, 0) is 14.8 Å². The summed E-state index contributed by atoms with van der Waals surface area (Å²) in [5, 5.41) is 9.35. The number of sulfonamides is 1. The molecule has 142 valence electrons. The third-order valence-corrected chi connectivity index (χ3v) is 7.80. The number of nitrogen functional groups attached to an aromatic ring is 1. The molecule has 1 aliphatic heterocycles. The van der Waals surface area contributed by atoms with Crippen LogP contribution in [0.1, 0.15) is 19.3 Å². The van der Waals surface area contributed by atoms with E-state index in [2.05, 4.69) is 0 Å². The maximum absolute atomic E-state index is 13.1. The Morgan fingerprint density at radius 2 is 1.56 bits per heavy atom. The zero-order chi connectivity index (χ0) is 19.2. The minimum absolute atomic E-state index is 0.0775. The van der Waals surface area contributed by atoms with Crippen LogP contribution in [0.25, 0.3) is 11.1 Å². The average molecular weight is 386 g/mol. The molecule has 2 aromatic carbocycles. The number of hydrogen-bond donors (Lipinski definition) is 2. The van der Waals surface area contributed by atoms with Crippen LogP contribution in [0.4, 0.5) is 5.69 Å². The van der Waals surface area contributed by atoms with E-state index in [1.54, 1.807) is 24.3 Å². The molecule has 0 bridgehead atoms. The normalized spacial score (nSPS) is 25.4. The Morgan fingerprint density at radius 3 is 2.15 bits per heavy atom. The first kappa shape index (κ1) is 18.0. The lowest BCUT2D eigenvalue weighted by Gasteiger charge is -2.23. The van der Waals surface area contributed by atoms with Crippen molar-refractivity contribution >= 4 is 21.7 Å². The molecule has 0 aromatic heterocycles. The number of hydrogen-bond acceptors (Lipinski definition) is 4. The fourth-order valence-corrected chi connectivity index (χ4v) is 6.19. The fourth-order valence-electron chi connectivity index (χ4n) is 4.48. The van der Waals surface area contributed by atoms with Gasteiger partial charge >= 0.3 is 5.97 Å². The summed E-state index contributed by atoms with van der Waals surface area (Å²) in [5.74, 6) is -1.32. The van der Waals surface area contributed by atoms with Gasteiger partial charge in [-0.15, -0.1) is 0 Å². The van der Waals surface area contributed by atoms with Crippen molar-refractivity contribution in [3.8, 4) is 11.1 Å². The van der Waals surface area contributed by atoms with Crippen LogP contribution in [0, 0.1) is 11.8 Å². The van der Waals surface area contributed by atoms with E-state index in [4.69, 9.17) is 5.73 Å². The summed E-state index contributed by atoms with van der Waals surface area (Å²) in [5.41, 5.74) is 8.27. The highest BCUT2D eigenvalue weighted by Gasteiger charge is 2.50. The van der Waals surface area contributed by atoms with Gasteiger partial charge in [-0.25, -0.2) is 8.42 Å². The Labute approximate surface area is 158 Å². The zero-order valence-electron chi connectivity index (χ0n) is 14.8. The van der Waals surface area contributed by atoms with Gasteiger partial charge in [-0.1, -0.05) is 24.3 Å². The first-order chi connectivity index (χ1) is 12.9. The van der Waals surface area contributed by atoms with Crippen LogP contribution in [0.5, 0.6) is 0 Å². The van der Waals surface area contributed by atoms with Crippen molar-refractivity contribution < 1.29 is 18.3 Å². The third-order valence-electron chi connectivity index (χ3n) is 5.86. The van der Waals surface area contributed by atoms with E-state index in [0.717, 1.165) is 11.1 Å². The lowest BCUT2D eigenvalue weighted by Crippen LogP contribution is -2.36. The summed E-state index contributed by atoms with van der Waals surface area (Å²) < 4.78 is 27.7. The van der Waals surface area contributed by atoms with E-state index < -0.39 is 21.9 Å². The van der Waals surface area contributed by atoms with E-state index in [0.29, 0.717) is 31.5 Å². The van der Waals surface area contributed by atoms with Crippen LogP contribution < -0.4 is 5.73 Å². The Kier molecular flexibility index (Phi) is 4.44. The van der Waals surface area contributed by atoms with Gasteiger partial charge in [0.15, 0.2) is 0 Å². The van der Waals surface area contributed by atoms with Crippen molar-refractivity contribution in [2.24, 2.45) is 11.8 Å². The number of nitrogens with two attached hydrogens (primary N) is 1. The second kappa shape index (κ2) is 6.65. The van der Waals surface area contributed by atoms with Gasteiger partial charge in [0.25, 0.3) is 0 Å². The monoisotopic (exact) mass is 386 g/mol. The molecule has 3 unspecified atom stereocenters. The largest absolute Gasteiger partial charge is 0.481 e. The first-order valence-corrected chi connectivity index (χ1v) is 10.5. The van der Waals surface area contributed by atoms with Crippen LogP contribution in [0.15, 0.2) is 53.4 Å². The van der Waals surface area contributed by atoms with Crippen molar-refractivity contribution in [2.45, 2.75) is 30.2 Å². The summed E-state index contributed by atoms with van der Waals surface area (Å²) in [6, 6.07) is 14.0. The molecule has 3 atom stereocenters. The number of nitrogens with zero attached hydrogens (tertiary/aromatic N) is 1.